The summed E-state index contributed by atoms with van der Waals surface area (Å²) in [5.41, 5.74) is 1.37. The summed E-state index contributed by atoms with van der Waals surface area (Å²) in [6.45, 7) is 9.11. The highest BCUT2D eigenvalue weighted by Crippen LogP contribution is 2.33. The van der Waals surface area contributed by atoms with Crippen molar-refractivity contribution in [1.29, 1.82) is 0 Å². The van der Waals surface area contributed by atoms with Gasteiger partial charge in [-0.2, -0.15) is 0 Å². The Morgan fingerprint density at radius 1 is 1.11 bits per heavy atom. The van der Waals surface area contributed by atoms with E-state index in [0.717, 1.165) is 18.8 Å². The number of hydrogen-bond acceptors (Lipinski definition) is 5. The number of rotatable bonds is 6. The van der Waals surface area contributed by atoms with Gasteiger partial charge in [-0.15, -0.1) is 0 Å². The summed E-state index contributed by atoms with van der Waals surface area (Å²) >= 11 is 0. The van der Waals surface area contributed by atoms with Crippen molar-refractivity contribution in [2.45, 2.75) is 84.3 Å². The second-order valence-electron chi connectivity index (χ2n) is 11.6. The molecule has 1 saturated carbocycles. The van der Waals surface area contributed by atoms with Gasteiger partial charge in [0.1, 0.15) is 11.4 Å². The fraction of sp³-hybridized carbons (Fsp3) is 0.643. The highest BCUT2D eigenvalue weighted by molar-refractivity contribution is 6.00. The van der Waals surface area contributed by atoms with Gasteiger partial charge in [0.25, 0.3) is 5.91 Å². The highest BCUT2D eigenvalue weighted by Gasteiger charge is 2.36. The lowest BCUT2D eigenvalue weighted by molar-refractivity contribution is -0.155. The second-order valence-corrected chi connectivity index (χ2v) is 11.6. The van der Waals surface area contributed by atoms with Crippen molar-refractivity contribution in [3.05, 3.63) is 29.3 Å². The number of anilines is 1. The van der Waals surface area contributed by atoms with E-state index in [0.29, 0.717) is 36.4 Å². The van der Waals surface area contributed by atoms with Gasteiger partial charge in [-0.3, -0.25) is 19.3 Å². The maximum Gasteiger partial charge on any atom is 0.324 e. The quantitative estimate of drug-likeness (QED) is 0.597. The second kappa shape index (κ2) is 10.6. The van der Waals surface area contributed by atoms with Crippen molar-refractivity contribution in [3.8, 4) is 0 Å². The number of nitrogens with zero attached hydrogens (tertiary/aromatic N) is 2. The monoisotopic (exact) mass is 497 g/mol. The van der Waals surface area contributed by atoms with Gasteiger partial charge in [0, 0.05) is 49.8 Å². The number of urea groups is 1. The maximum atomic E-state index is 13.7. The van der Waals surface area contributed by atoms with E-state index >= 15 is 0 Å². The largest absolute Gasteiger partial charge is 0.460 e. The van der Waals surface area contributed by atoms with Crippen LogP contribution in [-0.2, 0) is 20.7 Å². The van der Waals surface area contributed by atoms with Crippen LogP contribution in [0.2, 0.25) is 0 Å². The number of likely N-dealkylation sites (tertiary alicyclic amines) is 1. The van der Waals surface area contributed by atoms with Crippen LogP contribution in [0.5, 0.6) is 0 Å². The Hall–Kier alpha value is -2.90. The third-order valence-corrected chi connectivity index (χ3v) is 7.13. The van der Waals surface area contributed by atoms with Crippen LogP contribution in [0.3, 0.4) is 0 Å². The first-order valence-corrected chi connectivity index (χ1v) is 13.2. The zero-order chi connectivity index (χ0) is 26.0. The summed E-state index contributed by atoms with van der Waals surface area (Å²) in [6.07, 6.45) is 4.98. The molecule has 8 heteroatoms. The molecule has 0 bridgehead atoms. The van der Waals surface area contributed by atoms with Crippen LogP contribution >= 0.6 is 0 Å². The third kappa shape index (κ3) is 6.65. The first-order valence-electron chi connectivity index (χ1n) is 13.2. The smallest absolute Gasteiger partial charge is 0.324 e. The van der Waals surface area contributed by atoms with Crippen molar-refractivity contribution in [2.24, 2.45) is 11.8 Å². The number of ketones is 1. The van der Waals surface area contributed by atoms with Crippen LogP contribution in [0.1, 0.15) is 82.1 Å². The molecule has 1 aliphatic carbocycles. The molecule has 2 heterocycles. The van der Waals surface area contributed by atoms with E-state index in [9.17, 15) is 19.2 Å². The molecule has 2 aliphatic heterocycles. The number of Topliss-reactive ketones (excluding diaryl/α,β-unsaturated/α-hetero) is 1. The summed E-state index contributed by atoms with van der Waals surface area (Å²) in [5.74, 6) is 0.447. The number of carbonyl (C=O) groups excluding carboxylic acids is 4. The summed E-state index contributed by atoms with van der Waals surface area (Å²) in [6, 6.07) is 4.84. The number of nitrogens with one attached hydrogen (secondary N) is 1. The first kappa shape index (κ1) is 26.2. The molecule has 0 radical (unpaired) electrons. The Labute approximate surface area is 213 Å². The molecule has 1 aromatic rings. The number of amides is 3. The Bertz CT molecular complexity index is 1030. The molecule has 36 heavy (non-hydrogen) atoms. The molecule has 1 aromatic carbocycles. The molecule has 1 saturated heterocycles. The van der Waals surface area contributed by atoms with Crippen LogP contribution in [0, 0.1) is 11.8 Å². The van der Waals surface area contributed by atoms with Gasteiger partial charge in [-0.05, 0) is 76.1 Å². The van der Waals surface area contributed by atoms with E-state index in [1.54, 1.807) is 28.0 Å². The van der Waals surface area contributed by atoms with E-state index in [1.165, 1.54) is 12.8 Å². The fourth-order valence-corrected chi connectivity index (χ4v) is 5.18. The third-order valence-electron chi connectivity index (χ3n) is 7.13. The number of ether oxygens (including phenoxy) is 1. The number of esters is 1. The summed E-state index contributed by atoms with van der Waals surface area (Å²) in [4.78, 5) is 54.7. The Kier molecular flexibility index (Phi) is 7.71. The SMILES string of the molecule is C[C@H]1CC(=O)Cc2cc(C(=O)NCCC3CC3)ccc2N1C(=O)N1CC[C@@H](CC(=O)OC(C)(C)C)C1. The molecule has 3 amide bonds. The zero-order valence-corrected chi connectivity index (χ0v) is 22.0. The molecular formula is C28H39N3O5. The van der Waals surface area contributed by atoms with Gasteiger partial charge in [0.15, 0.2) is 0 Å². The van der Waals surface area contributed by atoms with Gasteiger partial charge >= 0.3 is 12.0 Å². The molecule has 0 unspecified atom stereocenters. The Balaban J connectivity index is 1.45. The molecular weight excluding hydrogens is 458 g/mol. The lowest BCUT2D eigenvalue weighted by Crippen LogP contribution is -2.47. The lowest BCUT2D eigenvalue weighted by atomic mass is 10.0. The molecule has 1 N–H and O–H groups in total. The van der Waals surface area contributed by atoms with Crippen molar-refractivity contribution in [1.82, 2.24) is 10.2 Å². The van der Waals surface area contributed by atoms with Crippen molar-refractivity contribution < 1.29 is 23.9 Å². The van der Waals surface area contributed by atoms with Gasteiger partial charge in [-0.25, -0.2) is 4.79 Å². The van der Waals surface area contributed by atoms with Crippen LogP contribution in [-0.4, -0.2) is 59.9 Å². The molecule has 2 fully saturated rings. The van der Waals surface area contributed by atoms with Gasteiger partial charge in [-0.1, -0.05) is 12.8 Å². The summed E-state index contributed by atoms with van der Waals surface area (Å²) < 4.78 is 5.45. The van der Waals surface area contributed by atoms with Crippen molar-refractivity contribution in [2.75, 3.05) is 24.5 Å². The van der Waals surface area contributed by atoms with Crippen molar-refractivity contribution in [3.63, 3.8) is 0 Å². The van der Waals surface area contributed by atoms with Crippen LogP contribution in [0.15, 0.2) is 18.2 Å². The predicted molar refractivity (Wildman–Crippen MR) is 137 cm³/mol. The van der Waals surface area contributed by atoms with Crippen molar-refractivity contribution >= 4 is 29.4 Å². The fourth-order valence-electron chi connectivity index (χ4n) is 5.18. The van der Waals surface area contributed by atoms with Crippen LogP contribution in [0.4, 0.5) is 10.5 Å². The van der Waals surface area contributed by atoms with E-state index < -0.39 is 5.60 Å². The number of carbonyl (C=O) groups is 4. The molecule has 0 aromatic heterocycles. The minimum Gasteiger partial charge on any atom is -0.460 e. The standard InChI is InChI=1S/C28H39N3O5/c1-18-13-23(32)16-22-15-21(26(34)29-11-9-19-5-6-19)7-8-24(22)31(18)27(35)30-12-10-20(17-30)14-25(33)36-28(2,3)4/h7-8,15,18-20H,5-6,9-14,16-17H2,1-4H3,(H,29,34)/t18-,20-/m0/s1. The number of hydrogen-bond donors (Lipinski definition) is 1. The Morgan fingerprint density at radius 3 is 2.56 bits per heavy atom. The minimum absolute atomic E-state index is 0.0499. The average Bonchev–Trinajstić information content (AvgIpc) is 3.50. The van der Waals surface area contributed by atoms with E-state index in [4.69, 9.17) is 4.74 Å². The Morgan fingerprint density at radius 2 is 1.86 bits per heavy atom. The topological polar surface area (TPSA) is 96.0 Å². The van der Waals surface area contributed by atoms with Gasteiger partial charge in [0.05, 0.1) is 6.42 Å². The maximum absolute atomic E-state index is 13.7. The minimum atomic E-state index is -0.532. The zero-order valence-electron chi connectivity index (χ0n) is 22.0. The molecule has 2 atom stereocenters. The lowest BCUT2D eigenvalue weighted by Gasteiger charge is -2.32. The molecule has 3 aliphatic rings. The normalized spacial score (nSPS) is 22.2. The molecule has 0 spiro atoms. The first-order chi connectivity index (χ1) is 17.0. The van der Waals surface area contributed by atoms with Gasteiger partial charge in [0.2, 0.25) is 0 Å². The van der Waals surface area contributed by atoms with Gasteiger partial charge < -0.3 is 15.0 Å². The molecule has 8 nitrogen and oxygen atoms in total. The van der Waals surface area contributed by atoms with Crippen LogP contribution < -0.4 is 10.2 Å². The van der Waals surface area contributed by atoms with E-state index in [-0.39, 0.29) is 54.9 Å². The predicted octanol–water partition coefficient (Wildman–Crippen LogP) is 4.10. The van der Waals surface area contributed by atoms with E-state index in [1.807, 2.05) is 27.7 Å². The number of fused-ring (bicyclic) bond motifs is 1. The number of benzene rings is 1. The average molecular weight is 498 g/mol. The summed E-state index contributed by atoms with van der Waals surface area (Å²) in [7, 11) is 0. The molecule has 4 rings (SSSR count). The molecule has 196 valence electrons. The highest BCUT2D eigenvalue weighted by atomic mass is 16.6. The van der Waals surface area contributed by atoms with Crippen LogP contribution in [0.25, 0.3) is 0 Å². The summed E-state index contributed by atoms with van der Waals surface area (Å²) in [5, 5.41) is 2.98. The van der Waals surface area contributed by atoms with E-state index in [2.05, 4.69) is 5.32 Å².